The van der Waals surface area contributed by atoms with Crippen LogP contribution in [0.5, 0.6) is 11.5 Å². The number of ether oxygens (including phenoxy) is 2. The maximum absolute atomic E-state index is 13.6. The molecule has 0 spiro atoms. The van der Waals surface area contributed by atoms with Crippen LogP contribution in [0, 0.1) is 5.92 Å². The van der Waals surface area contributed by atoms with Crippen molar-refractivity contribution in [1.82, 2.24) is 8.61 Å². The Kier molecular flexibility index (Phi) is 11.7. The molecule has 1 N–H and O–H groups in total. The first-order valence-electron chi connectivity index (χ1n) is 13.5. The minimum Gasteiger partial charge on any atom is -0.497 e. The molecule has 0 amide bonds. The smallest absolute Gasteiger partial charge is 0.243 e. The Morgan fingerprint density at radius 2 is 1.17 bits per heavy atom. The second-order valence-electron chi connectivity index (χ2n) is 10.1. The summed E-state index contributed by atoms with van der Waals surface area (Å²) in [7, 11) is -4.79. The van der Waals surface area contributed by atoms with Crippen LogP contribution in [0.2, 0.25) is 0 Å². The van der Waals surface area contributed by atoms with Gasteiger partial charge in [0.2, 0.25) is 20.0 Å². The molecule has 3 rings (SSSR count). The van der Waals surface area contributed by atoms with Gasteiger partial charge in [-0.15, -0.1) is 0 Å². The number of sulfonamides is 2. The van der Waals surface area contributed by atoms with Gasteiger partial charge in [-0.25, -0.2) is 16.8 Å². The monoisotopic (exact) mass is 604 g/mol. The van der Waals surface area contributed by atoms with Gasteiger partial charge in [-0.2, -0.15) is 8.61 Å². The Bertz CT molecular complexity index is 1430. The molecule has 224 valence electrons. The molecule has 0 heterocycles. The molecule has 3 aromatic rings. The van der Waals surface area contributed by atoms with Crippen molar-refractivity contribution in [2.24, 2.45) is 5.92 Å². The van der Waals surface area contributed by atoms with Crippen LogP contribution in [0.1, 0.15) is 25.8 Å². The Morgan fingerprint density at radius 3 is 1.63 bits per heavy atom. The highest BCUT2D eigenvalue weighted by Crippen LogP contribution is 2.23. The molecular formula is C30H40N2O7S2. The zero-order chi connectivity index (χ0) is 30.0. The van der Waals surface area contributed by atoms with Crippen molar-refractivity contribution >= 4 is 20.0 Å². The van der Waals surface area contributed by atoms with Crippen molar-refractivity contribution in [3.63, 3.8) is 0 Å². The fourth-order valence-corrected chi connectivity index (χ4v) is 7.44. The summed E-state index contributed by atoms with van der Waals surface area (Å²) in [4.78, 5) is 0.210. The van der Waals surface area contributed by atoms with E-state index in [2.05, 4.69) is 0 Å². The average Bonchev–Trinajstić information content (AvgIpc) is 2.97. The highest BCUT2D eigenvalue weighted by atomic mass is 32.2. The first kappa shape index (κ1) is 32.6. The highest BCUT2D eigenvalue weighted by molar-refractivity contribution is 7.89. The number of rotatable bonds is 16. The summed E-state index contributed by atoms with van der Waals surface area (Å²) in [6, 6.07) is 21.8. The molecule has 0 saturated carbocycles. The molecule has 41 heavy (non-hydrogen) atoms. The van der Waals surface area contributed by atoms with Gasteiger partial charge in [0, 0.05) is 26.2 Å². The van der Waals surface area contributed by atoms with Gasteiger partial charge < -0.3 is 14.6 Å². The normalized spacial score (nSPS) is 13.1. The highest BCUT2D eigenvalue weighted by Gasteiger charge is 2.29. The number of nitrogens with zero attached hydrogens (tertiary/aromatic N) is 2. The van der Waals surface area contributed by atoms with Crippen LogP contribution >= 0.6 is 0 Å². The third kappa shape index (κ3) is 9.01. The largest absolute Gasteiger partial charge is 0.497 e. The number of methoxy groups -OCH3 is 2. The van der Waals surface area contributed by atoms with Gasteiger partial charge >= 0.3 is 0 Å². The zero-order valence-electron chi connectivity index (χ0n) is 24.0. The van der Waals surface area contributed by atoms with E-state index in [1.807, 2.05) is 44.2 Å². The van der Waals surface area contributed by atoms with E-state index in [9.17, 15) is 21.9 Å². The van der Waals surface area contributed by atoms with Gasteiger partial charge in [0.25, 0.3) is 0 Å². The fourth-order valence-electron chi connectivity index (χ4n) is 4.34. The third-order valence-corrected chi connectivity index (χ3v) is 10.3. The Balaban J connectivity index is 1.78. The Morgan fingerprint density at radius 1 is 0.683 bits per heavy atom. The van der Waals surface area contributed by atoms with Gasteiger partial charge in [0.05, 0.1) is 30.1 Å². The second-order valence-corrected chi connectivity index (χ2v) is 14.0. The standard InChI is InChI=1S/C30H40N2O7S2/c1-24(2)22-32(41(36,37)30-16-12-28(39-4)13-17-30)23-26(33)19-21-31(20-18-25-8-6-5-7-9-25)40(34,35)29-14-10-27(38-3)11-15-29/h5-17,24,26,33H,18-23H2,1-4H3/t26-/m0/s1. The molecule has 9 nitrogen and oxygen atoms in total. The van der Waals surface area contributed by atoms with E-state index in [1.165, 1.54) is 47.1 Å². The van der Waals surface area contributed by atoms with Crippen LogP contribution in [0.15, 0.2) is 88.7 Å². The molecule has 0 bridgehead atoms. The fraction of sp³-hybridized carbons (Fsp3) is 0.400. The summed E-state index contributed by atoms with van der Waals surface area (Å²) in [6.45, 7) is 4.05. The van der Waals surface area contributed by atoms with E-state index in [-0.39, 0.29) is 48.3 Å². The van der Waals surface area contributed by atoms with Crippen molar-refractivity contribution in [3.05, 3.63) is 84.4 Å². The summed E-state index contributed by atoms with van der Waals surface area (Å²) in [6.07, 6.45) is -0.554. The van der Waals surface area contributed by atoms with Crippen LogP contribution in [0.25, 0.3) is 0 Å². The molecule has 0 fully saturated rings. The van der Waals surface area contributed by atoms with Crippen molar-refractivity contribution < 1.29 is 31.4 Å². The summed E-state index contributed by atoms with van der Waals surface area (Å²) in [5, 5.41) is 11.0. The van der Waals surface area contributed by atoms with E-state index in [4.69, 9.17) is 9.47 Å². The van der Waals surface area contributed by atoms with E-state index in [0.717, 1.165) is 5.56 Å². The Labute approximate surface area is 244 Å². The molecule has 1 atom stereocenters. The topological polar surface area (TPSA) is 113 Å². The summed E-state index contributed by atoms with van der Waals surface area (Å²) in [5.74, 6) is 1.08. The van der Waals surface area contributed by atoms with E-state index < -0.39 is 26.2 Å². The lowest BCUT2D eigenvalue weighted by Gasteiger charge is -2.28. The van der Waals surface area contributed by atoms with Crippen LogP contribution in [-0.4, -0.2) is 77.1 Å². The minimum absolute atomic E-state index is 0.00745. The molecule has 0 aliphatic heterocycles. The average molecular weight is 605 g/mol. The molecule has 0 aromatic heterocycles. The number of aliphatic hydroxyl groups excluding tert-OH is 1. The molecule has 0 aliphatic rings. The molecule has 0 radical (unpaired) electrons. The second kappa shape index (κ2) is 14.8. The third-order valence-electron chi connectivity index (χ3n) is 6.58. The molecular weight excluding hydrogens is 564 g/mol. The van der Waals surface area contributed by atoms with Crippen molar-refractivity contribution in [2.45, 2.75) is 42.6 Å². The van der Waals surface area contributed by atoms with E-state index in [1.54, 1.807) is 24.3 Å². The first-order valence-corrected chi connectivity index (χ1v) is 16.4. The number of hydrogen-bond donors (Lipinski definition) is 1. The number of hydrogen-bond acceptors (Lipinski definition) is 7. The lowest BCUT2D eigenvalue weighted by atomic mass is 10.1. The van der Waals surface area contributed by atoms with Crippen LogP contribution < -0.4 is 9.47 Å². The molecule has 3 aromatic carbocycles. The molecule has 0 aliphatic carbocycles. The molecule has 0 unspecified atom stereocenters. The SMILES string of the molecule is COc1ccc(S(=O)(=O)N(CCc2ccccc2)CC[C@H](O)CN(CC(C)C)S(=O)(=O)c2ccc(OC)cc2)cc1. The van der Waals surface area contributed by atoms with Crippen molar-refractivity contribution in [3.8, 4) is 11.5 Å². The minimum atomic E-state index is -3.90. The predicted octanol–water partition coefficient (Wildman–Crippen LogP) is 4.04. The lowest BCUT2D eigenvalue weighted by Crippen LogP contribution is -2.41. The van der Waals surface area contributed by atoms with Gasteiger partial charge in [-0.1, -0.05) is 44.2 Å². The zero-order valence-corrected chi connectivity index (χ0v) is 25.6. The lowest BCUT2D eigenvalue weighted by molar-refractivity contribution is 0.127. The summed E-state index contributed by atoms with van der Waals surface area (Å²) >= 11 is 0. The van der Waals surface area contributed by atoms with Crippen LogP contribution in [-0.2, 0) is 26.5 Å². The van der Waals surface area contributed by atoms with Gasteiger partial charge in [0.15, 0.2) is 0 Å². The number of benzene rings is 3. The summed E-state index contributed by atoms with van der Waals surface area (Å²) < 4.78 is 67.0. The molecule has 0 saturated heterocycles. The van der Waals surface area contributed by atoms with Crippen molar-refractivity contribution in [1.29, 1.82) is 0 Å². The van der Waals surface area contributed by atoms with Gasteiger partial charge in [0.1, 0.15) is 11.5 Å². The maximum atomic E-state index is 13.6. The van der Waals surface area contributed by atoms with Crippen molar-refractivity contribution in [2.75, 3.05) is 40.4 Å². The summed E-state index contributed by atoms with van der Waals surface area (Å²) in [5.41, 5.74) is 0.983. The van der Waals surface area contributed by atoms with Crippen LogP contribution in [0.3, 0.4) is 0 Å². The first-order chi connectivity index (χ1) is 19.5. The molecule has 11 heteroatoms. The number of aliphatic hydroxyl groups is 1. The van der Waals surface area contributed by atoms with E-state index >= 15 is 0 Å². The maximum Gasteiger partial charge on any atom is 0.243 e. The van der Waals surface area contributed by atoms with Crippen LogP contribution in [0.4, 0.5) is 0 Å². The quantitative estimate of drug-likeness (QED) is 0.263. The van der Waals surface area contributed by atoms with Gasteiger partial charge in [-0.05, 0) is 72.9 Å². The predicted molar refractivity (Wildman–Crippen MR) is 159 cm³/mol. The van der Waals surface area contributed by atoms with E-state index in [0.29, 0.717) is 17.9 Å². The van der Waals surface area contributed by atoms with Gasteiger partial charge in [-0.3, -0.25) is 0 Å². The Hall–Kier alpha value is -2.96.